The van der Waals surface area contributed by atoms with Crippen molar-refractivity contribution in [2.45, 2.75) is 24.3 Å². The Morgan fingerprint density at radius 1 is 0.692 bits per heavy atom. The Labute approximate surface area is 310 Å². The van der Waals surface area contributed by atoms with Gasteiger partial charge in [-0.15, -0.1) is 0 Å². The van der Waals surface area contributed by atoms with E-state index in [9.17, 15) is 0 Å². The van der Waals surface area contributed by atoms with Crippen LogP contribution in [0.25, 0.3) is 0 Å². The van der Waals surface area contributed by atoms with Crippen LogP contribution in [0.3, 0.4) is 0 Å². The van der Waals surface area contributed by atoms with E-state index in [1.165, 1.54) is 6.07 Å². The summed E-state index contributed by atoms with van der Waals surface area (Å²) < 4.78 is 27.1. The second-order valence-corrected chi connectivity index (χ2v) is 14.2. The lowest BCUT2D eigenvalue weighted by Crippen LogP contribution is -2.37. The van der Waals surface area contributed by atoms with Crippen LogP contribution in [0.1, 0.15) is 46.7 Å². The number of ether oxygens (including phenoxy) is 2. The molecule has 6 aromatic rings. The smallest absolute Gasteiger partial charge is 0.129 e. The average Bonchev–Trinajstić information content (AvgIpc) is 3.20. The number of nitrogens with zero attached hydrogens (tertiary/aromatic N) is 2. The van der Waals surface area contributed by atoms with Gasteiger partial charge in [0.25, 0.3) is 0 Å². The van der Waals surface area contributed by atoms with Crippen LogP contribution >= 0.6 is 11.8 Å². The number of hydrogen-bond acceptors (Lipinski definition) is 5. The quantitative estimate of drug-likeness (QED) is 0.0996. The Bertz CT molecular complexity index is 2080. The van der Waals surface area contributed by atoms with Crippen LogP contribution in [0.5, 0.6) is 11.5 Å². The molecule has 6 aromatic carbocycles. The minimum absolute atomic E-state index is 0.285. The van der Waals surface area contributed by atoms with Crippen LogP contribution in [0.15, 0.2) is 168 Å². The van der Waals surface area contributed by atoms with Crippen molar-refractivity contribution in [3.05, 3.63) is 197 Å². The van der Waals surface area contributed by atoms with Gasteiger partial charge in [0.15, 0.2) is 0 Å². The molecule has 7 rings (SSSR count). The van der Waals surface area contributed by atoms with Crippen molar-refractivity contribution >= 4 is 28.9 Å². The lowest BCUT2D eigenvalue weighted by molar-refractivity contribution is 0.414. The topological polar surface area (TPSA) is 43.2 Å². The third-order valence-corrected chi connectivity index (χ3v) is 11.1. The van der Waals surface area contributed by atoms with E-state index in [4.69, 9.17) is 19.5 Å². The van der Waals surface area contributed by atoms with Crippen LogP contribution in [0.4, 0.5) is 10.1 Å². The second kappa shape index (κ2) is 15.4. The molecule has 0 amide bonds. The van der Waals surface area contributed by atoms with E-state index in [2.05, 4.69) is 72.8 Å². The highest BCUT2D eigenvalue weighted by Gasteiger charge is 2.40. The molecule has 0 aliphatic carbocycles. The zero-order valence-corrected chi connectivity index (χ0v) is 30.4. The number of rotatable bonds is 11. The molecule has 0 unspecified atom stereocenters. The molecule has 0 aromatic heterocycles. The molecule has 6 heteroatoms. The Balaban J connectivity index is 1.34. The summed E-state index contributed by atoms with van der Waals surface area (Å²) in [7, 11) is 3.36. The predicted molar refractivity (Wildman–Crippen MR) is 214 cm³/mol. The molecule has 0 N–H and O–H groups in total. The van der Waals surface area contributed by atoms with Crippen LogP contribution < -0.4 is 9.47 Å². The normalized spacial score (nSPS) is 15.7. The molecular formula is C46H41FN2O2S. The molecule has 260 valence electrons. The summed E-state index contributed by atoms with van der Waals surface area (Å²) in [4.78, 5) is 10.6. The molecule has 1 aliphatic heterocycles. The van der Waals surface area contributed by atoms with E-state index in [0.29, 0.717) is 23.4 Å². The number of halogens is 1. The molecule has 1 atom stereocenters. The molecule has 52 heavy (non-hydrogen) atoms. The van der Waals surface area contributed by atoms with E-state index >= 15 is 4.39 Å². The predicted octanol–water partition coefficient (Wildman–Crippen LogP) is 10.8. The summed E-state index contributed by atoms with van der Waals surface area (Å²) in [5, 5.41) is 0. The Kier molecular flexibility index (Phi) is 10.4. The largest absolute Gasteiger partial charge is 0.497 e. The van der Waals surface area contributed by atoms with E-state index in [0.717, 1.165) is 56.5 Å². The van der Waals surface area contributed by atoms with E-state index in [-0.39, 0.29) is 5.82 Å². The summed E-state index contributed by atoms with van der Waals surface area (Å²) >= 11 is 1.79. The minimum Gasteiger partial charge on any atom is -0.497 e. The summed E-state index contributed by atoms with van der Waals surface area (Å²) in [5.41, 5.74) is 7.01. The Morgan fingerprint density at radius 2 is 1.19 bits per heavy atom. The fourth-order valence-corrected chi connectivity index (χ4v) is 8.33. The fraction of sp³-hybridized carbons (Fsp3) is 0.174. The molecule has 1 heterocycles. The summed E-state index contributed by atoms with van der Waals surface area (Å²) in [6.07, 6.45) is 0.601. The summed E-state index contributed by atoms with van der Waals surface area (Å²) in [6.45, 7) is 2.05. The van der Waals surface area contributed by atoms with Crippen LogP contribution in [0.2, 0.25) is 0 Å². The van der Waals surface area contributed by atoms with Gasteiger partial charge in [0.2, 0.25) is 0 Å². The molecule has 0 bridgehead atoms. The highest BCUT2D eigenvalue weighted by molar-refractivity contribution is 8.00. The zero-order valence-electron chi connectivity index (χ0n) is 29.6. The molecule has 1 aliphatic rings. The third-order valence-electron chi connectivity index (χ3n) is 9.82. The molecule has 0 radical (unpaired) electrons. The lowest BCUT2D eigenvalue weighted by atomic mass is 9.66. The summed E-state index contributed by atoms with van der Waals surface area (Å²) in [6, 6.07) is 52.6. The van der Waals surface area contributed by atoms with Gasteiger partial charge in [-0.1, -0.05) is 115 Å². The first-order valence-electron chi connectivity index (χ1n) is 17.4. The highest BCUT2D eigenvalue weighted by atomic mass is 32.2. The van der Waals surface area contributed by atoms with Crippen molar-refractivity contribution in [2.24, 2.45) is 9.98 Å². The van der Waals surface area contributed by atoms with Gasteiger partial charge in [-0.25, -0.2) is 9.38 Å². The zero-order chi connectivity index (χ0) is 36.0. The van der Waals surface area contributed by atoms with Crippen LogP contribution in [-0.4, -0.2) is 37.1 Å². The van der Waals surface area contributed by atoms with Gasteiger partial charge < -0.3 is 9.47 Å². The van der Waals surface area contributed by atoms with Gasteiger partial charge in [-0.3, -0.25) is 4.99 Å². The number of benzene rings is 6. The number of aliphatic imine (C=N–C) groups is 2. The number of methoxy groups -OCH3 is 2. The van der Waals surface area contributed by atoms with Crippen molar-refractivity contribution in [3.63, 3.8) is 0 Å². The first-order chi connectivity index (χ1) is 25.4. The highest BCUT2D eigenvalue weighted by Crippen LogP contribution is 2.46. The van der Waals surface area contributed by atoms with Crippen molar-refractivity contribution in [2.75, 3.05) is 25.7 Å². The molecule has 4 nitrogen and oxygen atoms in total. The minimum atomic E-state index is -0.810. The molecule has 0 saturated carbocycles. The fourth-order valence-electron chi connectivity index (χ4n) is 7.21. The van der Waals surface area contributed by atoms with Crippen molar-refractivity contribution in [1.82, 2.24) is 0 Å². The van der Waals surface area contributed by atoms with E-state index in [1.807, 2.05) is 79.7 Å². The van der Waals surface area contributed by atoms with E-state index < -0.39 is 11.0 Å². The SMILES string of the molecule is COc1ccc(C(CC2=N[C@](C)(c3cc(N=C(c4ccccc4)c4ccccc4)ccc3F)CSC2)(c2ccccc2)c2ccc(OC)cc2)cc1. The van der Waals surface area contributed by atoms with Gasteiger partial charge in [0, 0.05) is 40.3 Å². The standard InChI is InChI=1S/C46H41FN2O2S/c1-45(42-29-38(23-28-43(42)47)48-44(33-13-7-4-8-14-33)34-15-9-5-10-16-34)32-52-31-39(49-45)30-46(35-17-11-6-12-18-35,36-19-24-40(50-2)25-20-36)37-21-26-41(51-3)27-22-37/h4-29H,30-32H2,1-3H3/t45-/m0/s1. The van der Waals surface area contributed by atoms with Crippen molar-refractivity contribution in [3.8, 4) is 11.5 Å². The van der Waals surface area contributed by atoms with E-state index in [1.54, 1.807) is 32.0 Å². The van der Waals surface area contributed by atoms with Gasteiger partial charge in [0.1, 0.15) is 17.3 Å². The first-order valence-corrected chi connectivity index (χ1v) is 18.6. The lowest BCUT2D eigenvalue weighted by Gasteiger charge is -2.39. The third kappa shape index (κ3) is 7.17. The van der Waals surface area contributed by atoms with Crippen molar-refractivity contribution in [1.29, 1.82) is 0 Å². The molecule has 0 fully saturated rings. The van der Waals surface area contributed by atoms with Gasteiger partial charge in [0.05, 0.1) is 36.6 Å². The average molecular weight is 705 g/mol. The molecule has 0 saturated heterocycles. The monoisotopic (exact) mass is 704 g/mol. The van der Waals surface area contributed by atoms with Crippen LogP contribution in [-0.2, 0) is 11.0 Å². The Morgan fingerprint density at radius 3 is 1.71 bits per heavy atom. The second-order valence-electron chi connectivity index (χ2n) is 13.2. The first kappa shape index (κ1) is 35.0. The van der Waals surface area contributed by atoms with Gasteiger partial charge >= 0.3 is 0 Å². The van der Waals surface area contributed by atoms with Crippen molar-refractivity contribution < 1.29 is 13.9 Å². The van der Waals surface area contributed by atoms with Gasteiger partial charge in [-0.05, 0) is 66.1 Å². The van der Waals surface area contributed by atoms with Crippen LogP contribution in [0, 0.1) is 5.82 Å². The molecular weight excluding hydrogens is 664 g/mol. The maximum absolute atomic E-state index is 16.0. The number of thioether (sulfide) groups is 1. The summed E-state index contributed by atoms with van der Waals surface area (Å²) in [5.74, 6) is 2.68. The maximum Gasteiger partial charge on any atom is 0.129 e. The Hall–Kier alpha value is -5.46. The number of hydrogen-bond donors (Lipinski definition) is 0. The molecule has 0 spiro atoms. The van der Waals surface area contributed by atoms with Gasteiger partial charge in [-0.2, -0.15) is 11.8 Å². The maximum atomic E-state index is 16.0.